The molecule has 0 radical (unpaired) electrons. The minimum atomic E-state index is -3.59. The molecule has 1 saturated heterocycles. The number of nitrogens with one attached hydrogen (secondary N) is 3. The molecule has 1 fully saturated rings. The Bertz CT molecular complexity index is 1400. The van der Waals surface area contributed by atoms with Gasteiger partial charge in [0.05, 0.1) is 11.5 Å². The zero-order valence-electron chi connectivity index (χ0n) is 31.0. The molecule has 4 atom stereocenters. The van der Waals surface area contributed by atoms with Crippen molar-refractivity contribution >= 4 is 39.6 Å². The molecule has 1 aromatic carbocycles. The Kier molecular flexibility index (Phi) is 16.2. The Hall–Kier alpha value is -3.68. The van der Waals surface area contributed by atoms with Gasteiger partial charge in [0.1, 0.15) is 29.3 Å². The standard InChI is InChI=1S/C36H58N4O9S/c1-9-25(2)30(39-34(45)49-36(6,7)8)31(42)38-27(23-26-17-13-12-14-18-26)32(43)40(28-24-50(46,47)22-19-29(28)41)21-16-11-10-15-20-37-33(44)48-35(3,4)5/h12-14,17-18,25,27-28,30H,9-11,15-16,19-24H2,1-8H3,(H,37,44)(H,38,42)(H,39,45)/t25-,27-,28?,30+/m0/s1. The Balaban J connectivity index is 2.30. The molecule has 0 aliphatic carbocycles. The van der Waals surface area contributed by atoms with Crippen molar-refractivity contribution in [2.75, 3.05) is 24.6 Å². The van der Waals surface area contributed by atoms with Crippen molar-refractivity contribution in [2.24, 2.45) is 5.92 Å². The lowest BCUT2D eigenvalue weighted by Crippen LogP contribution is -2.60. The third-order valence-corrected chi connectivity index (χ3v) is 9.81. The fraction of sp³-hybridized carbons (Fsp3) is 0.694. The second-order valence-electron chi connectivity index (χ2n) is 15.0. The van der Waals surface area contributed by atoms with E-state index >= 15 is 0 Å². The topological polar surface area (TPSA) is 177 Å². The zero-order chi connectivity index (χ0) is 37.7. The highest BCUT2D eigenvalue weighted by atomic mass is 32.2. The number of nitrogens with zero attached hydrogens (tertiary/aromatic N) is 1. The number of alkyl carbamates (subject to hydrolysis) is 2. The molecule has 1 unspecified atom stereocenters. The lowest BCUT2D eigenvalue weighted by atomic mass is 9.97. The van der Waals surface area contributed by atoms with Crippen LogP contribution in [-0.4, -0.2) is 97.0 Å². The van der Waals surface area contributed by atoms with Crippen LogP contribution in [0.4, 0.5) is 9.59 Å². The van der Waals surface area contributed by atoms with E-state index in [-0.39, 0.29) is 36.8 Å². The summed E-state index contributed by atoms with van der Waals surface area (Å²) in [6.07, 6.45) is 1.59. The highest BCUT2D eigenvalue weighted by Gasteiger charge is 2.40. The van der Waals surface area contributed by atoms with E-state index in [4.69, 9.17) is 9.47 Å². The third kappa shape index (κ3) is 15.5. The van der Waals surface area contributed by atoms with Crippen LogP contribution in [0.1, 0.15) is 99.5 Å². The number of ether oxygens (including phenoxy) is 2. The number of hydrogen-bond acceptors (Lipinski definition) is 9. The van der Waals surface area contributed by atoms with Crippen LogP contribution in [0.25, 0.3) is 0 Å². The number of rotatable bonds is 16. The fourth-order valence-corrected chi connectivity index (χ4v) is 6.96. The number of unbranched alkanes of at least 4 members (excludes halogenated alkanes) is 3. The van der Waals surface area contributed by atoms with Crippen molar-refractivity contribution < 1.29 is 41.9 Å². The molecule has 1 aliphatic rings. The van der Waals surface area contributed by atoms with Crippen LogP contribution in [-0.2, 0) is 40.1 Å². The molecule has 13 nitrogen and oxygen atoms in total. The maximum atomic E-state index is 14.5. The van der Waals surface area contributed by atoms with Gasteiger partial charge in [-0.15, -0.1) is 0 Å². The van der Waals surface area contributed by atoms with Gasteiger partial charge in [0, 0.05) is 25.9 Å². The number of carbonyl (C=O) groups is 5. The quantitative estimate of drug-likeness (QED) is 0.210. The summed E-state index contributed by atoms with van der Waals surface area (Å²) in [4.78, 5) is 67.4. The fourth-order valence-electron chi connectivity index (χ4n) is 5.44. The van der Waals surface area contributed by atoms with E-state index in [1.54, 1.807) is 60.6 Å². The first-order chi connectivity index (χ1) is 23.2. The van der Waals surface area contributed by atoms with Crippen LogP contribution in [0.2, 0.25) is 0 Å². The van der Waals surface area contributed by atoms with Gasteiger partial charge in [-0.3, -0.25) is 14.4 Å². The lowest BCUT2D eigenvalue weighted by molar-refractivity contribution is -0.142. The van der Waals surface area contributed by atoms with Gasteiger partial charge in [0.2, 0.25) is 11.8 Å². The molecule has 1 heterocycles. The number of Topliss-reactive ketones (excluding diaryl/α,β-unsaturated/α-hetero) is 1. The molecule has 0 spiro atoms. The molecule has 4 amide bonds. The smallest absolute Gasteiger partial charge is 0.408 e. The Labute approximate surface area is 297 Å². The summed E-state index contributed by atoms with van der Waals surface area (Å²) in [6, 6.07) is 5.67. The van der Waals surface area contributed by atoms with Gasteiger partial charge in [-0.2, -0.15) is 0 Å². The Morgan fingerprint density at radius 2 is 1.50 bits per heavy atom. The molecule has 1 aliphatic heterocycles. The molecule has 282 valence electrons. The van der Waals surface area contributed by atoms with Gasteiger partial charge in [0.15, 0.2) is 15.6 Å². The summed E-state index contributed by atoms with van der Waals surface area (Å²) in [7, 11) is -3.59. The number of benzene rings is 1. The van der Waals surface area contributed by atoms with E-state index < -0.39 is 68.9 Å². The van der Waals surface area contributed by atoms with E-state index in [9.17, 15) is 32.4 Å². The third-order valence-electron chi connectivity index (χ3n) is 8.16. The van der Waals surface area contributed by atoms with Crippen molar-refractivity contribution in [1.82, 2.24) is 20.9 Å². The van der Waals surface area contributed by atoms with Gasteiger partial charge in [0.25, 0.3) is 0 Å². The molecule has 1 aromatic rings. The molecule has 3 N–H and O–H groups in total. The van der Waals surface area contributed by atoms with Crippen LogP contribution in [0.3, 0.4) is 0 Å². The first kappa shape index (κ1) is 42.5. The average Bonchev–Trinajstić information content (AvgIpc) is 3.00. The second kappa shape index (κ2) is 19.1. The van der Waals surface area contributed by atoms with Gasteiger partial charge in [-0.05, 0) is 65.9 Å². The summed E-state index contributed by atoms with van der Waals surface area (Å²) >= 11 is 0. The van der Waals surface area contributed by atoms with Crippen LogP contribution in [0.15, 0.2) is 30.3 Å². The van der Waals surface area contributed by atoms with Crippen LogP contribution in [0, 0.1) is 5.92 Å². The summed E-state index contributed by atoms with van der Waals surface area (Å²) in [5.74, 6) is -2.60. The van der Waals surface area contributed by atoms with Crippen LogP contribution < -0.4 is 16.0 Å². The van der Waals surface area contributed by atoms with Gasteiger partial charge >= 0.3 is 12.2 Å². The first-order valence-electron chi connectivity index (χ1n) is 17.6. The van der Waals surface area contributed by atoms with Crippen molar-refractivity contribution in [3.8, 4) is 0 Å². The van der Waals surface area contributed by atoms with Gasteiger partial charge in [-0.25, -0.2) is 18.0 Å². The van der Waals surface area contributed by atoms with Crippen molar-refractivity contribution in [1.29, 1.82) is 0 Å². The van der Waals surface area contributed by atoms with E-state index in [1.165, 1.54) is 4.90 Å². The number of amides is 4. The minimum Gasteiger partial charge on any atom is -0.444 e. The van der Waals surface area contributed by atoms with Gasteiger partial charge in [-0.1, -0.05) is 63.4 Å². The second-order valence-corrected chi connectivity index (χ2v) is 17.2. The van der Waals surface area contributed by atoms with Crippen molar-refractivity contribution in [3.63, 3.8) is 0 Å². The van der Waals surface area contributed by atoms with Gasteiger partial charge < -0.3 is 30.3 Å². The average molecular weight is 723 g/mol. The Morgan fingerprint density at radius 1 is 0.900 bits per heavy atom. The molecular formula is C36H58N4O9S. The summed E-state index contributed by atoms with van der Waals surface area (Å²) in [5, 5.41) is 8.20. The van der Waals surface area contributed by atoms with Crippen molar-refractivity contribution in [3.05, 3.63) is 35.9 Å². The molecule has 2 rings (SSSR count). The summed E-state index contributed by atoms with van der Waals surface area (Å²) in [5.41, 5.74) is -0.661. The minimum absolute atomic E-state index is 0.0750. The largest absolute Gasteiger partial charge is 0.444 e. The van der Waals surface area contributed by atoms with Crippen molar-refractivity contribution in [2.45, 2.75) is 130 Å². The normalized spacial score (nSPS) is 17.8. The highest BCUT2D eigenvalue weighted by molar-refractivity contribution is 7.91. The summed E-state index contributed by atoms with van der Waals surface area (Å²) in [6.45, 7) is 14.6. The maximum Gasteiger partial charge on any atom is 0.408 e. The molecule has 14 heteroatoms. The SMILES string of the molecule is CC[C@H](C)[C@@H](NC(=O)OC(C)(C)C)C(=O)N[C@@H](Cc1ccccc1)C(=O)N(CCCCCCNC(=O)OC(C)(C)C)C1CS(=O)(=O)CCC1=O. The number of ketones is 1. The molecule has 0 bridgehead atoms. The molecule has 50 heavy (non-hydrogen) atoms. The highest BCUT2D eigenvalue weighted by Crippen LogP contribution is 2.20. The molecule has 0 aromatic heterocycles. The first-order valence-corrected chi connectivity index (χ1v) is 19.4. The lowest BCUT2D eigenvalue weighted by Gasteiger charge is -2.36. The predicted molar refractivity (Wildman–Crippen MR) is 191 cm³/mol. The van der Waals surface area contributed by atoms with E-state index in [1.807, 2.05) is 25.1 Å². The number of hydrogen-bond donors (Lipinski definition) is 3. The molecule has 0 saturated carbocycles. The Morgan fingerprint density at radius 3 is 2.10 bits per heavy atom. The van der Waals surface area contributed by atoms with E-state index in [0.717, 1.165) is 5.56 Å². The van der Waals surface area contributed by atoms with Crippen LogP contribution >= 0.6 is 0 Å². The predicted octanol–water partition coefficient (Wildman–Crippen LogP) is 4.32. The van der Waals surface area contributed by atoms with E-state index in [0.29, 0.717) is 38.6 Å². The number of carbonyl (C=O) groups excluding carboxylic acids is 5. The zero-order valence-corrected chi connectivity index (χ0v) is 31.8. The monoisotopic (exact) mass is 722 g/mol. The number of sulfone groups is 1. The molecular weight excluding hydrogens is 664 g/mol. The maximum absolute atomic E-state index is 14.5. The van der Waals surface area contributed by atoms with Crippen LogP contribution in [0.5, 0.6) is 0 Å². The summed E-state index contributed by atoms with van der Waals surface area (Å²) < 4.78 is 36.1. The van der Waals surface area contributed by atoms with E-state index in [2.05, 4.69) is 16.0 Å².